The summed E-state index contributed by atoms with van der Waals surface area (Å²) in [5.41, 5.74) is 0.568. The highest BCUT2D eigenvalue weighted by atomic mass is 35.5. The number of hydrogen-bond donors (Lipinski definition) is 0. The summed E-state index contributed by atoms with van der Waals surface area (Å²) in [6, 6.07) is -0.245. The number of hydrogen-bond acceptors (Lipinski definition) is 3. The lowest BCUT2D eigenvalue weighted by Crippen LogP contribution is -2.06. The van der Waals surface area contributed by atoms with Crippen LogP contribution >= 0.6 is 11.6 Å². The van der Waals surface area contributed by atoms with Crippen molar-refractivity contribution in [3.05, 3.63) is 17.1 Å². The number of nitrogens with zero attached hydrogens (tertiary/aromatic N) is 1. The Kier molecular flexibility index (Phi) is 7.30. The summed E-state index contributed by atoms with van der Waals surface area (Å²) in [5, 5.41) is 2.95. The molecular weight excluding hydrogens is 202 g/mol. The highest BCUT2D eigenvalue weighted by Crippen LogP contribution is 2.11. The topological polar surface area (TPSA) is 46.5 Å². The Labute approximate surface area is 89.5 Å². The van der Waals surface area contributed by atoms with Crippen LogP contribution in [0.5, 0.6) is 0 Å². The predicted octanol–water partition coefficient (Wildman–Crippen LogP) is 3.07. The molecule has 0 saturated carbocycles. The predicted molar refractivity (Wildman–Crippen MR) is 58.6 cm³/mol. The first-order chi connectivity index (χ1) is 6.61. The van der Waals surface area contributed by atoms with E-state index in [-0.39, 0.29) is 11.8 Å². The van der Waals surface area contributed by atoms with Crippen molar-refractivity contribution in [3.63, 3.8) is 0 Å². The van der Waals surface area contributed by atoms with Gasteiger partial charge in [0.15, 0.2) is 5.78 Å². The molecule has 80 valence electrons. The average Bonchev–Trinajstić information content (AvgIpc) is 2.16. The smallest absolute Gasteiger partial charge is 0.157 e. The molecule has 4 heteroatoms. The maximum Gasteiger partial charge on any atom is 0.157 e. The number of nitroso groups, excluding NO2 is 1. The highest BCUT2D eigenvalue weighted by Gasteiger charge is 2.09. The van der Waals surface area contributed by atoms with Crippen LogP contribution in [0.15, 0.2) is 17.3 Å². The number of ketones is 1. The van der Waals surface area contributed by atoms with Crippen LogP contribution in [0.1, 0.15) is 32.6 Å². The molecule has 1 atom stereocenters. The van der Waals surface area contributed by atoms with Crippen molar-refractivity contribution >= 4 is 17.4 Å². The van der Waals surface area contributed by atoms with Crippen LogP contribution in [-0.4, -0.2) is 17.7 Å². The Bertz CT molecular complexity index is 216. The molecule has 3 nitrogen and oxygen atoms in total. The molecular formula is C10H16ClNO2. The molecule has 0 fully saturated rings. The second-order valence-corrected chi connectivity index (χ2v) is 3.71. The molecule has 0 bridgehead atoms. The Morgan fingerprint density at radius 3 is 2.57 bits per heavy atom. The first-order valence-electron chi connectivity index (χ1n) is 4.69. The molecule has 0 saturated heterocycles. The summed E-state index contributed by atoms with van der Waals surface area (Å²) in [4.78, 5) is 21.4. The van der Waals surface area contributed by atoms with Crippen molar-refractivity contribution in [2.45, 2.75) is 38.6 Å². The maximum absolute atomic E-state index is 11.1. The molecule has 0 amide bonds. The molecule has 0 aromatic rings. The van der Waals surface area contributed by atoms with Gasteiger partial charge in [-0.2, -0.15) is 4.91 Å². The summed E-state index contributed by atoms with van der Waals surface area (Å²) in [5.74, 6) is 0.491. The second-order valence-electron chi connectivity index (χ2n) is 3.33. The monoisotopic (exact) mass is 217 g/mol. The lowest BCUT2D eigenvalue weighted by molar-refractivity contribution is -0.115. The minimum Gasteiger partial charge on any atom is -0.295 e. The van der Waals surface area contributed by atoms with Crippen molar-refractivity contribution in [2.24, 2.45) is 5.18 Å². The van der Waals surface area contributed by atoms with Gasteiger partial charge < -0.3 is 0 Å². The number of rotatable bonds is 8. The quantitative estimate of drug-likeness (QED) is 0.356. The molecule has 0 rings (SSSR count). The van der Waals surface area contributed by atoms with E-state index >= 15 is 0 Å². The number of carbonyl (C=O) groups is 1. The Morgan fingerprint density at radius 1 is 1.50 bits per heavy atom. The van der Waals surface area contributed by atoms with Crippen molar-refractivity contribution in [3.8, 4) is 0 Å². The molecule has 0 heterocycles. The van der Waals surface area contributed by atoms with E-state index in [4.69, 9.17) is 11.6 Å². The van der Waals surface area contributed by atoms with Crippen LogP contribution in [0, 0.1) is 4.91 Å². The number of allylic oxidation sites excluding steroid dienone is 1. The van der Waals surface area contributed by atoms with Crippen LogP contribution in [0.2, 0.25) is 0 Å². The van der Waals surface area contributed by atoms with Gasteiger partial charge in [-0.05, 0) is 31.8 Å². The minimum absolute atomic E-state index is 0.0560. The van der Waals surface area contributed by atoms with Crippen LogP contribution in [0.25, 0.3) is 0 Å². The molecule has 0 aliphatic heterocycles. The maximum atomic E-state index is 11.1. The first kappa shape index (κ1) is 13.3. The molecule has 14 heavy (non-hydrogen) atoms. The fourth-order valence-corrected chi connectivity index (χ4v) is 1.34. The summed E-state index contributed by atoms with van der Waals surface area (Å²) in [6.45, 7) is 5.24. The average molecular weight is 218 g/mol. The van der Waals surface area contributed by atoms with E-state index in [0.717, 1.165) is 0 Å². The number of carbonyl (C=O) groups excluding carboxylic acids is 1. The molecule has 0 aromatic heterocycles. The molecule has 0 radical (unpaired) electrons. The van der Waals surface area contributed by atoms with E-state index < -0.39 is 0 Å². The van der Waals surface area contributed by atoms with E-state index in [9.17, 15) is 9.70 Å². The summed E-state index contributed by atoms with van der Waals surface area (Å²) in [7, 11) is 0. The third-order valence-electron chi connectivity index (χ3n) is 2.01. The Hall–Kier alpha value is -0.700. The van der Waals surface area contributed by atoms with Crippen molar-refractivity contribution in [1.82, 2.24) is 0 Å². The summed E-state index contributed by atoms with van der Waals surface area (Å²) in [6.07, 6.45) is 2.35. The lowest BCUT2D eigenvalue weighted by atomic mass is 10.0. The molecule has 0 aliphatic rings. The first-order valence-corrected chi connectivity index (χ1v) is 5.22. The van der Waals surface area contributed by atoms with E-state index in [1.165, 1.54) is 0 Å². The molecule has 0 spiro atoms. The fourth-order valence-electron chi connectivity index (χ4n) is 1.09. The van der Waals surface area contributed by atoms with E-state index in [1.807, 2.05) is 0 Å². The largest absolute Gasteiger partial charge is 0.295 e. The number of halogens is 1. The lowest BCUT2D eigenvalue weighted by Gasteiger charge is -2.05. The fraction of sp³-hybridized carbons (Fsp3) is 0.700. The van der Waals surface area contributed by atoms with Crippen LogP contribution in [0.4, 0.5) is 0 Å². The SMILES string of the molecule is C=C(C)C(=O)CCCC(CCCl)N=O. The van der Waals surface area contributed by atoms with Gasteiger partial charge in [0.05, 0.1) is 6.04 Å². The third-order valence-corrected chi connectivity index (χ3v) is 2.23. The van der Waals surface area contributed by atoms with E-state index in [1.54, 1.807) is 6.92 Å². The van der Waals surface area contributed by atoms with Gasteiger partial charge in [-0.15, -0.1) is 11.6 Å². The summed E-state index contributed by atoms with van der Waals surface area (Å²) < 4.78 is 0. The summed E-state index contributed by atoms with van der Waals surface area (Å²) >= 11 is 5.49. The zero-order valence-electron chi connectivity index (χ0n) is 8.46. The number of Topliss-reactive ketones (excluding diaryl/α,β-unsaturated/α-hetero) is 1. The van der Waals surface area contributed by atoms with Crippen LogP contribution in [0.3, 0.4) is 0 Å². The normalized spacial score (nSPS) is 12.1. The van der Waals surface area contributed by atoms with Gasteiger partial charge in [0, 0.05) is 12.3 Å². The molecule has 0 aromatic carbocycles. The second kappa shape index (κ2) is 7.68. The zero-order chi connectivity index (χ0) is 11.0. The van der Waals surface area contributed by atoms with Gasteiger partial charge in [-0.3, -0.25) is 4.79 Å². The van der Waals surface area contributed by atoms with Gasteiger partial charge >= 0.3 is 0 Å². The Morgan fingerprint density at radius 2 is 2.14 bits per heavy atom. The van der Waals surface area contributed by atoms with Gasteiger partial charge in [-0.1, -0.05) is 11.8 Å². The molecule has 1 unspecified atom stereocenters. The van der Waals surface area contributed by atoms with Gasteiger partial charge in [0.1, 0.15) is 0 Å². The van der Waals surface area contributed by atoms with E-state index in [0.29, 0.717) is 37.1 Å². The highest BCUT2D eigenvalue weighted by molar-refractivity contribution is 6.17. The minimum atomic E-state index is -0.245. The number of alkyl halides is 1. The van der Waals surface area contributed by atoms with E-state index in [2.05, 4.69) is 11.8 Å². The zero-order valence-corrected chi connectivity index (χ0v) is 9.22. The third kappa shape index (κ3) is 5.86. The molecule has 0 N–H and O–H groups in total. The van der Waals surface area contributed by atoms with Gasteiger partial charge in [0.2, 0.25) is 0 Å². The van der Waals surface area contributed by atoms with Crippen molar-refractivity contribution in [2.75, 3.05) is 5.88 Å². The van der Waals surface area contributed by atoms with Crippen molar-refractivity contribution < 1.29 is 4.79 Å². The van der Waals surface area contributed by atoms with Gasteiger partial charge in [-0.25, -0.2) is 0 Å². The van der Waals surface area contributed by atoms with Crippen LogP contribution in [-0.2, 0) is 4.79 Å². The van der Waals surface area contributed by atoms with Crippen molar-refractivity contribution in [1.29, 1.82) is 0 Å². The van der Waals surface area contributed by atoms with Crippen LogP contribution < -0.4 is 0 Å². The van der Waals surface area contributed by atoms with Gasteiger partial charge in [0.25, 0.3) is 0 Å². The Balaban J connectivity index is 3.65. The molecule has 0 aliphatic carbocycles. The standard InChI is InChI=1S/C10H16ClNO2/c1-8(2)10(13)5-3-4-9(12-14)6-7-11/h9H,1,3-7H2,2H3.